The Morgan fingerprint density at radius 3 is 2.53 bits per heavy atom. The zero-order valence-corrected chi connectivity index (χ0v) is 10.3. The molecule has 0 amide bonds. The molecule has 1 aromatic carbocycles. The van der Waals surface area contributed by atoms with Crippen molar-refractivity contribution in [1.82, 2.24) is 4.31 Å². The van der Waals surface area contributed by atoms with Crippen molar-refractivity contribution in [3.05, 3.63) is 29.8 Å². The zero-order valence-electron chi connectivity index (χ0n) is 9.45. The van der Waals surface area contributed by atoms with Gasteiger partial charge in [-0.3, -0.25) is 4.72 Å². The normalized spacial score (nSPS) is 12.8. The second-order valence-corrected chi connectivity index (χ2v) is 5.30. The zero-order chi connectivity index (χ0) is 13.1. The van der Waals surface area contributed by atoms with Crippen molar-refractivity contribution in [2.45, 2.75) is 0 Å². The van der Waals surface area contributed by atoms with Gasteiger partial charge in [-0.1, -0.05) is 17.3 Å². The number of nitrogens with zero attached hydrogens (tertiary/aromatic N) is 2. The summed E-state index contributed by atoms with van der Waals surface area (Å²) in [4.78, 5) is 0. The van der Waals surface area contributed by atoms with Crippen LogP contribution in [0.25, 0.3) is 0 Å². The number of nitrogens with one attached hydrogen (secondary N) is 1. The predicted octanol–water partition coefficient (Wildman–Crippen LogP) is -0.000600. The fourth-order valence-corrected chi connectivity index (χ4v) is 1.72. The number of anilines is 1. The van der Waals surface area contributed by atoms with Crippen LogP contribution in [0.1, 0.15) is 5.56 Å². The number of benzene rings is 1. The summed E-state index contributed by atoms with van der Waals surface area (Å²) in [5, 5.41) is 11.4. The molecule has 0 aliphatic rings. The van der Waals surface area contributed by atoms with Gasteiger partial charge in [-0.2, -0.15) is 12.7 Å². The topological polar surface area (TPSA) is 108 Å². The van der Waals surface area contributed by atoms with Gasteiger partial charge in [-0.25, -0.2) is 0 Å². The summed E-state index contributed by atoms with van der Waals surface area (Å²) in [6, 6.07) is 6.36. The molecule has 0 spiro atoms. The first-order valence-corrected chi connectivity index (χ1v) is 6.09. The molecule has 0 saturated carbocycles. The third kappa shape index (κ3) is 3.08. The second-order valence-electron chi connectivity index (χ2n) is 3.42. The summed E-state index contributed by atoms with van der Waals surface area (Å²) >= 11 is 0. The number of oxime groups is 1. The van der Waals surface area contributed by atoms with Gasteiger partial charge in [0.2, 0.25) is 0 Å². The van der Waals surface area contributed by atoms with Crippen LogP contribution in [0.5, 0.6) is 0 Å². The molecule has 0 bridgehead atoms. The maximum Gasteiger partial charge on any atom is 0.301 e. The molecule has 17 heavy (non-hydrogen) atoms. The minimum absolute atomic E-state index is 0.165. The lowest BCUT2D eigenvalue weighted by Gasteiger charge is -2.15. The highest BCUT2D eigenvalue weighted by atomic mass is 32.2. The van der Waals surface area contributed by atoms with Crippen LogP contribution >= 0.6 is 0 Å². The van der Waals surface area contributed by atoms with Gasteiger partial charge >= 0.3 is 10.2 Å². The van der Waals surface area contributed by atoms with Crippen molar-refractivity contribution in [3.63, 3.8) is 0 Å². The summed E-state index contributed by atoms with van der Waals surface area (Å²) < 4.78 is 26.6. The van der Waals surface area contributed by atoms with E-state index in [1.165, 1.54) is 20.2 Å². The number of hydrogen-bond acceptors (Lipinski definition) is 4. The Morgan fingerprint density at radius 1 is 1.41 bits per heavy atom. The first-order chi connectivity index (χ1) is 7.88. The van der Waals surface area contributed by atoms with E-state index in [0.29, 0.717) is 5.56 Å². The molecule has 0 fully saturated rings. The molecule has 0 atom stereocenters. The van der Waals surface area contributed by atoms with Gasteiger partial charge in [-0.15, -0.1) is 0 Å². The second kappa shape index (κ2) is 5.02. The van der Waals surface area contributed by atoms with E-state index < -0.39 is 10.2 Å². The summed E-state index contributed by atoms with van der Waals surface area (Å²) in [7, 11) is -0.830. The molecule has 0 aliphatic carbocycles. The summed E-state index contributed by atoms with van der Waals surface area (Å²) in [6.45, 7) is 0. The molecule has 7 nitrogen and oxygen atoms in total. The Labute approximate surface area is 99.7 Å². The van der Waals surface area contributed by atoms with Gasteiger partial charge in [0.1, 0.15) is 0 Å². The average Bonchev–Trinajstić information content (AvgIpc) is 2.28. The maximum atomic E-state index is 11.6. The van der Waals surface area contributed by atoms with Crippen molar-refractivity contribution >= 4 is 21.7 Å². The maximum absolute atomic E-state index is 11.6. The quantitative estimate of drug-likeness (QED) is 0.306. The Morgan fingerprint density at radius 2 is 2.00 bits per heavy atom. The molecule has 0 radical (unpaired) electrons. The van der Waals surface area contributed by atoms with Gasteiger partial charge in [0.15, 0.2) is 5.84 Å². The number of para-hydroxylation sites is 1. The van der Waals surface area contributed by atoms with E-state index in [2.05, 4.69) is 9.88 Å². The molecule has 0 heterocycles. The fraction of sp³-hybridized carbons (Fsp3) is 0.222. The Hall–Kier alpha value is -1.80. The van der Waals surface area contributed by atoms with E-state index in [1.807, 2.05) is 0 Å². The van der Waals surface area contributed by atoms with Gasteiger partial charge in [0.05, 0.1) is 5.69 Å². The smallest absolute Gasteiger partial charge is 0.301 e. The molecule has 0 unspecified atom stereocenters. The number of nitrogens with two attached hydrogens (primary N) is 1. The van der Waals surface area contributed by atoms with E-state index >= 15 is 0 Å². The van der Waals surface area contributed by atoms with Gasteiger partial charge in [-0.05, 0) is 12.1 Å². The lowest BCUT2D eigenvalue weighted by Crippen LogP contribution is -2.30. The summed E-state index contributed by atoms with van der Waals surface area (Å²) in [6.07, 6.45) is 0. The highest BCUT2D eigenvalue weighted by Crippen LogP contribution is 2.16. The molecule has 0 aliphatic heterocycles. The SMILES string of the molecule is CN(C)S(=O)(=O)Nc1ccccc1/C(N)=N/O. The van der Waals surface area contributed by atoms with Crippen LogP contribution in [0.3, 0.4) is 0 Å². The van der Waals surface area contributed by atoms with Crippen molar-refractivity contribution in [1.29, 1.82) is 0 Å². The Bertz CT molecular complexity index is 525. The first-order valence-electron chi connectivity index (χ1n) is 4.65. The molecule has 0 aromatic heterocycles. The highest BCUT2D eigenvalue weighted by Gasteiger charge is 2.16. The minimum atomic E-state index is -3.62. The van der Waals surface area contributed by atoms with E-state index in [1.54, 1.807) is 18.2 Å². The van der Waals surface area contributed by atoms with Crippen LogP contribution in [0.2, 0.25) is 0 Å². The van der Waals surface area contributed by atoms with Crippen LogP contribution in [0.15, 0.2) is 29.4 Å². The molecule has 0 saturated heterocycles. The largest absolute Gasteiger partial charge is 0.409 e. The van der Waals surface area contributed by atoms with Crippen LogP contribution in [0, 0.1) is 0 Å². The van der Waals surface area contributed by atoms with E-state index in [9.17, 15) is 8.42 Å². The standard InChI is InChI=1S/C9H14N4O3S/c1-13(2)17(15,16)12-8-6-4-3-5-7(8)9(10)11-14/h3-6,12,14H,1-2H3,(H2,10,11). The van der Waals surface area contributed by atoms with Gasteiger partial charge in [0, 0.05) is 19.7 Å². The van der Waals surface area contributed by atoms with Crippen LogP contribution in [0.4, 0.5) is 5.69 Å². The van der Waals surface area contributed by atoms with Crippen LogP contribution in [-0.4, -0.2) is 37.9 Å². The monoisotopic (exact) mass is 258 g/mol. The molecule has 94 valence electrons. The predicted molar refractivity (Wildman–Crippen MR) is 65.2 cm³/mol. The summed E-state index contributed by atoms with van der Waals surface area (Å²) in [5.41, 5.74) is 5.99. The van der Waals surface area contributed by atoms with E-state index in [-0.39, 0.29) is 11.5 Å². The molecule has 1 aromatic rings. The molecular formula is C9H14N4O3S. The van der Waals surface area contributed by atoms with Crippen molar-refractivity contribution in [3.8, 4) is 0 Å². The van der Waals surface area contributed by atoms with E-state index in [4.69, 9.17) is 10.9 Å². The number of hydrogen-bond donors (Lipinski definition) is 3. The van der Waals surface area contributed by atoms with E-state index in [0.717, 1.165) is 4.31 Å². The average molecular weight is 258 g/mol. The molecule has 1 rings (SSSR count). The highest BCUT2D eigenvalue weighted by molar-refractivity contribution is 7.90. The van der Waals surface area contributed by atoms with Gasteiger partial charge in [0.25, 0.3) is 0 Å². The molecule has 4 N–H and O–H groups in total. The third-order valence-corrected chi connectivity index (χ3v) is 3.47. The number of amidine groups is 1. The lowest BCUT2D eigenvalue weighted by atomic mass is 10.2. The number of rotatable bonds is 4. The van der Waals surface area contributed by atoms with Crippen molar-refractivity contribution in [2.24, 2.45) is 10.9 Å². The van der Waals surface area contributed by atoms with Crippen molar-refractivity contribution < 1.29 is 13.6 Å². The van der Waals surface area contributed by atoms with Crippen LogP contribution in [-0.2, 0) is 10.2 Å². The Kier molecular flexibility index (Phi) is 3.92. The van der Waals surface area contributed by atoms with Gasteiger partial charge < -0.3 is 10.9 Å². The molecular weight excluding hydrogens is 244 g/mol. The lowest BCUT2D eigenvalue weighted by molar-refractivity contribution is 0.318. The first kappa shape index (κ1) is 13.3. The van der Waals surface area contributed by atoms with Crippen molar-refractivity contribution in [2.75, 3.05) is 18.8 Å². The van der Waals surface area contributed by atoms with Crippen LogP contribution < -0.4 is 10.5 Å². The summed E-state index contributed by atoms with van der Waals surface area (Å²) in [5.74, 6) is -0.165. The third-order valence-electron chi connectivity index (χ3n) is 2.03. The Balaban J connectivity index is 3.17. The fourth-order valence-electron chi connectivity index (χ4n) is 1.08. The minimum Gasteiger partial charge on any atom is -0.409 e. The molecule has 8 heteroatoms.